The van der Waals surface area contributed by atoms with Crippen LogP contribution >= 0.6 is 0 Å². The van der Waals surface area contributed by atoms with E-state index in [0.717, 1.165) is 6.07 Å². The molecule has 0 amide bonds. The van der Waals surface area contributed by atoms with Gasteiger partial charge in [0.2, 0.25) is 0 Å². The third-order valence-corrected chi connectivity index (χ3v) is 1.86. The number of halogens is 1. The minimum absolute atomic E-state index is 0.0625. The van der Waals surface area contributed by atoms with E-state index in [1.165, 1.54) is 19.1 Å². The van der Waals surface area contributed by atoms with Crippen LogP contribution in [0.25, 0.3) is 0 Å². The molecule has 0 aliphatic rings. The maximum atomic E-state index is 13.1. The van der Waals surface area contributed by atoms with Crippen LogP contribution in [0.15, 0.2) is 18.2 Å². The van der Waals surface area contributed by atoms with Crippen LogP contribution in [0.4, 0.5) is 4.39 Å². The van der Waals surface area contributed by atoms with Gasteiger partial charge < -0.3 is 15.9 Å². The third kappa shape index (κ3) is 2.17. The Morgan fingerprint density at radius 1 is 1.46 bits per heavy atom. The van der Waals surface area contributed by atoms with E-state index in [4.69, 9.17) is 15.9 Å². The van der Waals surface area contributed by atoms with Gasteiger partial charge in [-0.3, -0.25) is 0 Å². The van der Waals surface area contributed by atoms with E-state index in [1.54, 1.807) is 0 Å². The van der Waals surface area contributed by atoms with Gasteiger partial charge in [0, 0.05) is 5.56 Å². The molecule has 4 N–H and O–H groups in total. The second-order valence-electron chi connectivity index (χ2n) is 2.97. The molecule has 72 valence electrons. The van der Waals surface area contributed by atoms with E-state index < -0.39 is 18.0 Å². The van der Waals surface area contributed by atoms with Crippen LogP contribution in [0, 0.1) is 5.82 Å². The van der Waals surface area contributed by atoms with Gasteiger partial charge in [-0.1, -0.05) is 0 Å². The van der Waals surface area contributed by atoms with Crippen molar-refractivity contribution in [2.45, 2.75) is 19.1 Å². The summed E-state index contributed by atoms with van der Waals surface area (Å²) in [5.74, 6) is -0.585. The molecule has 0 unspecified atom stereocenters. The Balaban J connectivity index is 3.05. The summed E-state index contributed by atoms with van der Waals surface area (Å²) < 4.78 is 13.1. The molecule has 1 aromatic carbocycles. The van der Waals surface area contributed by atoms with E-state index in [1.807, 2.05) is 0 Å². The van der Waals surface area contributed by atoms with Crippen molar-refractivity contribution in [3.63, 3.8) is 0 Å². The van der Waals surface area contributed by atoms with Crippen molar-refractivity contribution < 1.29 is 14.6 Å². The topological polar surface area (TPSA) is 66.5 Å². The first-order chi connectivity index (χ1) is 6.02. The van der Waals surface area contributed by atoms with E-state index >= 15 is 0 Å². The summed E-state index contributed by atoms with van der Waals surface area (Å²) >= 11 is 0. The fourth-order valence-electron chi connectivity index (χ4n) is 1.05. The molecule has 0 aromatic heterocycles. The summed E-state index contributed by atoms with van der Waals surface area (Å²) in [5, 5.41) is 18.2. The normalized spacial score (nSPS) is 15.4. The number of aromatic hydroxyl groups is 1. The smallest absolute Gasteiger partial charge is 0.128 e. The number of benzene rings is 1. The van der Waals surface area contributed by atoms with Gasteiger partial charge in [0.25, 0.3) is 0 Å². The molecule has 2 atom stereocenters. The van der Waals surface area contributed by atoms with Crippen molar-refractivity contribution in [2.75, 3.05) is 0 Å². The molecule has 4 heteroatoms. The van der Waals surface area contributed by atoms with Crippen LogP contribution < -0.4 is 5.73 Å². The van der Waals surface area contributed by atoms with Crippen molar-refractivity contribution in [3.8, 4) is 5.75 Å². The highest BCUT2D eigenvalue weighted by molar-refractivity contribution is 5.31. The van der Waals surface area contributed by atoms with Gasteiger partial charge in [-0.25, -0.2) is 4.39 Å². The Bertz CT molecular complexity index is 302. The van der Waals surface area contributed by atoms with Gasteiger partial charge >= 0.3 is 0 Å². The number of rotatable bonds is 2. The van der Waals surface area contributed by atoms with Gasteiger partial charge in [0.15, 0.2) is 0 Å². The molecule has 0 aliphatic carbocycles. The van der Waals surface area contributed by atoms with E-state index in [9.17, 15) is 4.39 Å². The Labute approximate surface area is 75.6 Å². The van der Waals surface area contributed by atoms with Gasteiger partial charge in [-0.15, -0.1) is 0 Å². The Kier molecular flexibility index (Phi) is 2.85. The highest BCUT2D eigenvalue weighted by Crippen LogP contribution is 2.22. The zero-order valence-electron chi connectivity index (χ0n) is 7.24. The van der Waals surface area contributed by atoms with E-state index in [-0.39, 0.29) is 11.3 Å². The average molecular weight is 185 g/mol. The van der Waals surface area contributed by atoms with Crippen molar-refractivity contribution >= 4 is 0 Å². The number of aliphatic hydroxyl groups excluding tert-OH is 1. The molecule has 0 heterocycles. The number of nitrogens with two attached hydrogens (primary N) is 1. The fourth-order valence-corrected chi connectivity index (χ4v) is 1.05. The molecule has 0 aliphatic heterocycles. The predicted octanol–water partition coefficient (Wildman–Crippen LogP) is 0.912. The summed E-state index contributed by atoms with van der Waals surface area (Å²) in [5.41, 5.74) is 5.63. The fraction of sp³-hybridized carbons (Fsp3) is 0.333. The van der Waals surface area contributed by atoms with Gasteiger partial charge in [0.05, 0.1) is 12.1 Å². The molecule has 1 rings (SSSR count). The summed E-state index contributed by atoms with van der Waals surface area (Å²) in [7, 11) is 0. The molecule has 0 saturated carbocycles. The lowest BCUT2D eigenvalue weighted by Crippen LogP contribution is -2.24. The molecular weight excluding hydrogens is 173 g/mol. The van der Waals surface area contributed by atoms with Crippen LogP contribution in [-0.4, -0.2) is 16.3 Å². The molecule has 0 spiro atoms. The van der Waals surface area contributed by atoms with Crippen LogP contribution in [0.5, 0.6) is 5.75 Å². The molecule has 0 radical (unpaired) electrons. The minimum atomic E-state index is -0.851. The maximum Gasteiger partial charge on any atom is 0.128 e. The highest BCUT2D eigenvalue weighted by Gasteiger charge is 2.16. The summed E-state index contributed by atoms with van der Waals surface area (Å²) in [6.07, 6.45) is -0.851. The number of phenolic OH excluding ortho intramolecular Hbond substituents is 1. The predicted molar refractivity (Wildman–Crippen MR) is 46.7 cm³/mol. The largest absolute Gasteiger partial charge is 0.508 e. The second-order valence-corrected chi connectivity index (χ2v) is 2.97. The number of aliphatic hydroxyl groups is 1. The molecule has 0 saturated heterocycles. The Morgan fingerprint density at radius 2 is 2.08 bits per heavy atom. The number of phenols is 1. The van der Waals surface area contributed by atoms with Gasteiger partial charge in [0.1, 0.15) is 11.6 Å². The van der Waals surface area contributed by atoms with E-state index in [2.05, 4.69) is 0 Å². The lowest BCUT2D eigenvalue weighted by Gasteiger charge is -2.15. The lowest BCUT2D eigenvalue weighted by molar-refractivity contribution is 0.162. The van der Waals surface area contributed by atoms with Crippen LogP contribution in [0.1, 0.15) is 18.5 Å². The summed E-state index contributed by atoms with van der Waals surface area (Å²) in [6.45, 7) is 1.47. The van der Waals surface area contributed by atoms with Crippen molar-refractivity contribution in [1.29, 1.82) is 0 Å². The van der Waals surface area contributed by atoms with Crippen molar-refractivity contribution in [1.82, 2.24) is 0 Å². The number of hydrogen-bond donors (Lipinski definition) is 3. The molecule has 0 fully saturated rings. The molecular formula is C9H12FNO2. The SMILES string of the molecule is C[C@@H](O)[C@@H](N)c1cc(O)ccc1F. The zero-order chi connectivity index (χ0) is 10.0. The lowest BCUT2D eigenvalue weighted by atomic mass is 10.0. The monoisotopic (exact) mass is 185 g/mol. The molecule has 0 bridgehead atoms. The average Bonchev–Trinajstić information content (AvgIpc) is 2.08. The van der Waals surface area contributed by atoms with Crippen molar-refractivity contribution in [2.24, 2.45) is 5.73 Å². The number of hydrogen-bond acceptors (Lipinski definition) is 3. The van der Waals surface area contributed by atoms with Crippen LogP contribution in [-0.2, 0) is 0 Å². The molecule has 1 aromatic rings. The maximum absolute atomic E-state index is 13.1. The van der Waals surface area contributed by atoms with Gasteiger partial charge in [-0.2, -0.15) is 0 Å². The standard InChI is InChI=1S/C9H12FNO2/c1-5(12)9(11)7-4-6(13)2-3-8(7)10/h2-5,9,12-13H,11H2,1H3/t5-,9-/m1/s1. The van der Waals surface area contributed by atoms with Crippen molar-refractivity contribution in [3.05, 3.63) is 29.6 Å². The first-order valence-corrected chi connectivity index (χ1v) is 3.94. The summed E-state index contributed by atoms with van der Waals surface area (Å²) in [6, 6.07) is 2.75. The Hall–Kier alpha value is -1.13. The zero-order valence-corrected chi connectivity index (χ0v) is 7.24. The molecule has 13 heavy (non-hydrogen) atoms. The highest BCUT2D eigenvalue weighted by atomic mass is 19.1. The first-order valence-electron chi connectivity index (χ1n) is 3.94. The first kappa shape index (κ1) is 9.95. The quantitative estimate of drug-likeness (QED) is 0.641. The third-order valence-electron chi connectivity index (χ3n) is 1.86. The Morgan fingerprint density at radius 3 is 2.62 bits per heavy atom. The van der Waals surface area contributed by atoms with Crippen LogP contribution in [0.3, 0.4) is 0 Å². The van der Waals surface area contributed by atoms with Gasteiger partial charge in [-0.05, 0) is 25.1 Å². The molecule has 3 nitrogen and oxygen atoms in total. The summed E-state index contributed by atoms with van der Waals surface area (Å²) in [4.78, 5) is 0. The minimum Gasteiger partial charge on any atom is -0.508 e. The van der Waals surface area contributed by atoms with Crippen LogP contribution in [0.2, 0.25) is 0 Å². The second kappa shape index (κ2) is 3.72. The van der Waals surface area contributed by atoms with E-state index in [0.29, 0.717) is 0 Å².